The van der Waals surface area contributed by atoms with E-state index in [0.29, 0.717) is 5.56 Å². The average Bonchev–Trinajstić information content (AvgIpc) is 3.10. The molecule has 1 aliphatic rings. The number of aromatic nitrogens is 3. The monoisotopic (exact) mass is 464 g/mol. The van der Waals surface area contributed by atoms with Gasteiger partial charge in [-0.3, -0.25) is 0 Å². The van der Waals surface area contributed by atoms with Gasteiger partial charge in [-0.05, 0) is 12.5 Å². The van der Waals surface area contributed by atoms with Crippen molar-refractivity contribution in [3.8, 4) is 0 Å². The fourth-order valence-electron chi connectivity index (χ4n) is 3.50. The Balaban J connectivity index is 1.89. The molecule has 8 nitrogen and oxygen atoms in total. The first-order valence-corrected chi connectivity index (χ1v) is 9.83. The van der Waals surface area contributed by atoms with Gasteiger partial charge in [0.2, 0.25) is 0 Å². The molecule has 1 aliphatic heterocycles. The van der Waals surface area contributed by atoms with Crippen molar-refractivity contribution in [2.24, 2.45) is 11.1 Å². The third kappa shape index (κ3) is 4.93. The lowest BCUT2D eigenvalue weighted by atomic mass is 9.84. The number of nitrogens with two attached hydrogens (primary N) is 1. The molecule has 0 aromatic carbocycles. The molecule has 32 heavy (non-hydrogen) atoms. The molecular weight excluding hydrogens is 439 g/mol. The second kappa shape index (κ2) is 8.43. The molecule has 2 aromatic heterocycles. The zero-order valence-electron chi connectivity index (χ0n) is 17.8. The summed E-state index contributed by atoms with van der Waals surface area (Å²) >= 11 is 0. The average molecular weight is 464 g/mol. The van der Waals surface area contributed by atoms with Crippen LogP contribution in [0.1, 0.15) is 43.6 Å². The molecule has 0 spiro atoms. The first-order valence-electron chi connectivity index (χ1n) is 9.83. The largest absolute Gasteiger partial charge is 0.394 e. The van der Waals surface area contributed by atoms with Gasteiger partial charge in [0.05, 0.1) is 49.2 Å². The zero-order chi connectivity index (χ0) is 23.9. The van der Waals surface area contributed by atoms with Crippen molar-refractivity contribution >= 4 is 11.7 Å². The van der Waals surface area contributed by atoms with Crippen LogP contribution in [0.25, 0.3) is 5.65 Å². The molecule has 178 valence electrons. The quantitative estimate of drug-likeness (QED) is 0.614. The lowest BCUT2D eigenvalue weighted by molar-refractivity contribution is -0.215. The number of nitrogens with zero attached hydrogens (tertiary/aromatic N) is 4. The van der Waals surface area contributed by atoms with Crippen molar-refractivity contribution in [3.63, 3.8) is 0 Å². The normalized spacial score (nSPS) is 19.2. The molecule has 0 saturated carbocycles. The van der Waals surface area contributed by atoms with Crippen LogP contribution in [0.4, 0.5) is 26.7 Å². The Hall–Kier alpha value is -2.54. The summed E-state index contributed by atoms with van der Waals surface area (Å²) in [7, 11) is 1.37. The number of imidazole rings is 1. The highest BCUT2D eigenvalue weighted by Gasteiger charge is 2.48. The summed E-state index contributed by atoms with van der Waals surface area (Å²) in [6, 6.07) is -1.03. The Kier molecular flexibility index (Phi) is 6.35. The van der Waals surface area contributed by atoms with Gasteiger partial charge in [0.25, 0.3) is 5.92 Å². The summed E-state index contributed by atoms with van der Waals surface area (Å²) < 4.78 is 73.8. The number of carbonyl (C=O) groups is 1. The molecule has 3 rings (SSSR count). The maximum atomic E-state index is 13.9. The fourth-order valence-corrected chi connectivity index (χ4v) is 3.50. The van der Waals surface area contributed by atoms with Crippen LogP contribution in [0, 0.1) is 5.41 Å². The van der Waals surface area contributed by atoms with Crippen LogP contribution in [-0.4, -0.2) is 64.4 Å². The van der Waals surface area contributed by atoms with E-state index in [1.54, 1.807) is 0 Å². The number of carbonyl (C=O) groups excluding carboxylic acids is 1. The van der Waals surface area contributed by atoms with Gasteiger partial charge in [-0.2, -0.15) is 18.3 Å². The molecule has 1 fully saturated rings. The van der Waals surface area contributed by atoms with E-state index in [2.05, 4.69) is 15.4 Å². The van der Waals surface area contributed by atoms with Crippen molar-refractivity contribution in [2.45, 2.75) is 44.5 Å². The minimum atomic E-state index is -4.43. The molecule has 1 saturated heterocycles. The number of urea groups is 1. The highest BCUT2D eigenvalue weighted by Crippen LogP contribution is 2.43. The van der Waals surface area contributed by atoms with Gasteiger partial charge in [0.1, 0.15) is 0 Å². The maximum absolute atomic E-state index is 13.9. The molecule has 0 radical (unpaired) electrons. The van der Waals surface area contributed by atoms with E-state index in [1.807, 2.05) is 0 Å². The summed E-state index contributed by atoms with van der Waals surface area (Å²) in [5.74, 6) is -3.12. The summed E-state index contributed by atoms with van der Waals surface area (Å²) in [6.45, 7) is 0.500. The third-order valence-corrected chi connectivity index (χ3v) is 5.48. The second-order valence-corrected chi connectivity index (χ2v) is 8.56. The van der Waals surface area contributed by atoms with E-state index >= 15 is 0 Å². The standard InChI is InChI=1S/C19H25F5N6O2/c1-17(2,19(22,23)24)5-12(25)13-7-30-15(28-13)4-11(6-27-30)14(8-32-3)29-10-18(20,21)9-26-16(29)31/h4,6-7,12,14H,5,8-10,25H2,1-3H3,(H,26,31)/t12-,14+/m0/s1. The molecule has 3 N–H and O–H groups in total. The van der Waals surface area contributed by atoms with E-state index in [4.69, 9.17) is 10.5 Å². The highest BCUT2D eigenvalue weighted by molar-refractivity contribution is 5.76. The summed E-state index contributed by atoms with van der Waals surface area (Å²) in [5.41, 5.74) is 4.81. The molecule has 13 heteroatoms. The Bertz CT molecular complexity index is 977. The van der Waals surface area contributed by atoms with Crippen LogP contribution in [0.2, 0.25) is 0 Å². The summed E-state index contributed by atoms with van der Waals surface area (Å²) in [6.07, 6.45) is -2.03. The molecule has 0 aliphatic carbocycles. The van der Waals surface area contributed by atoms with Crippen LogP contribution in [0.15, 0.2) is 18.5 Å². The Morgan fingerprint density at radius 1 is 1.34 bits per heavy atom. The van der Waals surface area contributed by atoms with Crippen molar-refractivity contribution in [3.05, 3.63) is 29.7 Å². The van der Waals surface area contributed by atoms with Crippen molar-refractivity contribution in [2.75, 3.05) is 26.8 Å². The molecule has 0 unspecified atom stereocenters. The number of alkyl halides is 5. The Morgan fingerprint density at radius 3 is 2.66 bits per heavy atom. The van der Waals surface area contributed by atoms with Crippen LogP contribution in [0.5, 0.6) is 0 Å². The second-order valence-electron chi connectivity index (χ2n) is 8.56. The maximum Gasteiger partial charge on any atom is 0.394 e. The van der Waals surface area contributed by atoms with Crippen molar-refractivity contribution in [1.82, 2.24) is 24.8 Å². The minimum Gasteiger partial charge on any atom is -0.382 e. The van der Waals surface area contributed by atoms with Crippen LogP contribution >= 0.6 is 0 Å². The number of halogens is 5. The number of ether oxygens (including phenoxy) is 1. The van der Waals surface area contributed by atoms with Gasteiger partial charge < -0.3 is 20.7 Å². The lowest BCUT2D eigenvalue weighted by Crippen LogP contribution is -2.58. The number of hydrogen-bond donors (Lipinski definition) is 2. The SMILES string of the molecule is COC[C@H](c1cnn2cc([C@@H](N)CC(C)(C)C(F)(F)F)nc2c1)N1CC(F)(F)CNC1=O. The van der Waals surface area contributed by atoms with E-state index < -0.39 is 48.7 Å². The van der Waals surface area contributed by atoms with Gasteiger partial charge >= 0.3 is 12.2 Å². The summed E-state index contributed by atoms with van der Waals surface area (Å²) in [4.78, 5) is 17.5. The van der Waals surface area contributed by atoms with Gasteiger partial charge in [-0.1, -0.05) is 13.8 Å². The molecule has 2 atom stereocenters. The van der Waals surface area contributed by atoms with Gasteiger partial charge in [0.15, 0.2) is 5.65 Å². The molecule has 2 amide bonds. The topological polar surface area (TPSA) is 97.8 Å². The van der Waals surface area contributed by atoms with Gasteiger partial charge in [-0.15, -0.1) is 0 Å². The number of methoxy groups -OCH3 is 1. The smallest absolute Gasteiger partial charge is 0.382 e. The highest BCUT2D eigenvalue weighted by atomic mass is 19.4. The molecule has 0 bridgehead atoms. The zero-order valence-corrected chi connectivity index (χ0v) is 17.8. The molecular formula is C19H25F5N6O2. The number of amides is 2. The van der Waals surface area contributed by atoms with Gasteiger partial charge in [-0.25, -0.2) is 23.1 Å². The number of rotatable bonds is 7. The van der Waals surface area contributed by atoms with E-state index in [-0.39, 0.29) is 24.4 Å². The predicted molar refractivity (Wildman–Crippen MR) is 104 cm³/mol. The van der Waals surface area contributed by atoms with Crippen molar-refractivity contribution < 1.29 is 31.5 Å². The number of hydrogen-bond acceptors (Lipinski definition) is 5. The van der Waals surface area contributed by atoms with Crippen LogP contribution in [-0.2, 0) is 4.74 Å². The lowest BCUT2D eigenvalue weighted by Gasteiger charge is -2.38. The Morgan fingerprint density at radius 2 is 2.03 bits per heavy atom. The Labute approximate surface area is 180 Å². The first-order chi connectivity index (χ1) is 14.7. The predicted octanol–water partition coefficient (Wildman–Crippen LogP) is 3.06. The minimum absolute atomic E-state index is 0.0752. The van der Waals surface area contributed by atoms with E-state index in [0.717, 1.165) is 18.7 Å². The molecule has 2 aromatic rings. The summed E-state index contributed by atoms with van der Waals surface area (Å²) in [5, 5.41) is 6.32. The van der Waals surface area contributed by atoms with Gasteiger partial charge in [0, 0.05) is 18.7 Å². The first kappa shape index (κ1) is 24.1. The third-order valence-electron chi connectivity index (χ3n) is 5.48. The van der Waals surface area contributed by atoms with Crippen LogP contribution < -0.4 is 11.1 Å². The van der Waals surface area contributed by atoms with E-state index in [1.165, 1.54) is 30.1 Å². The molecule has 3 heterocycles. The van der Waals surface area contributed by atoms with Crippen LogP contribution in [0.3, 0.4) is 0 Å². The fraction of sp³-hybridized carbons (Fsp3) is 0.632. The van der Waals surface area contributed by atoms with Crippen molar-refractivity contribution in [1.29, 1.82) is 0 Å². The number of fused-ring (bicyclic) bond motifs is 1. The number of nitrogens with one attached hydrogen (secondary N) is 1. The van der Waals surface area contributed by atoms with E-state index in [9.17, 15) is 26.7 Å².